The van der Waals surface area contributed by atoms with Crippen molar-refractivity contribution in [3.63, 3.8) is 0 Å². The molecule has 4 heteroatoms. The second-order valence-electron chi connectivity index (χ2n) is 8.27. The van der Waals surface area contributed by atoms with E-state index in [1.807, 2.05) is 4.90 Å². The highest BCUT2D eigenvalue weighted by Gasteiger charge is 2.51. The topological polar surface area (TPSA) is 40.6 Å². The Kier molecular flexibility index (Phi) is 5.51. The second kappa shape index (κ2) is 7.45. The quantitative estimate of drug-likeness (QED) is 0.746. The van der Waals surface area contributed by atoms with Crippen molar-refractivity contribution >= 4 is 11.8 Å². The monoisotopic (exact) mass is 334 g/mol. The number of rotatable bonds is 6. The first-order valence-electron chi connectivity index (χ1n) is 10.2. The zero-order valence-corrected chi connectivity index (χ0v) is 15.6. The third kappa shape index (κ3) is 3.34. The second-order valence-corrected chi connectivity index (χ2v) is 8.27. The molecule has 0 radical (unpaired) electrons. The van der Waals surface area contributed by atoms with E-state index < -0.39 is 0 Å². The molecule has 2 amide bonds. The predicted molar refractivity (Wildman–Crippen MR) is 95.5 cm³/mol. The Balaban J connectivity index is 1.58. The number of amides is 2. The Morgan fingerprint density at radius 1 is 1.04 bits per heavy atom. The molecule has 1 saturated carbocycles. The van der Waals surface area contributed by atoms with E-state index in [9.17, 15) is 9.59 Å². The minimum atomic E-state index is 0.187. The standard InChI is InChI=1S/C20H34N2O2/c1-3-16(4-2)19(24)22-14-17(20(15-22)10-7-11-20)8-9-18(23)21-12-5-6-13-21/h16-17H,3-15H2,1-2H3. The van der Waals surface area contributed by atoms with Crippen molar-refractivity contribution in [2.75, 3.05) is 26.2 Å². The number of likely N-dealkylation sites (tertiary alicyclic amines) is 2. The van der Waals surface area contributed by atoms with Crippen molar-refractivity contribution in [2.24, 2.45) is 17.3 Å². The summed E-state index contributed by atoms with van der Waals surface area (Å²) in [7, 11) is 0. The molecule has 1 unspecified atom stereocenters. The Morgan fingerprint density at radius 2 is 1.71 bits per heavy atom. The molecule has 1 atom stereocenters. The fraction of sp³-hybridized carbons (Fsp3) is 0.900. The van der Waals surface area contributed by atoms with Crippen molar-refractivity contribution in [2.45, 2.75) is 71.6 Å². The third-order valence-electron chi connectivity index (χ3n) is 6.97. The van der Waals surface area contributed by atoms with Crippen LogP contribution in [-0.2, 0) is 9.59 Å². The molecule has 24 heavy (non-hydrogen) atoms. The highest BCUT2D eigenvalue weighted by Crippen LogP contribution is 2.53. The average Bonchev–Trinajstić information content (AvgIpc) is 3.20. The minimum Gasteiger partial charge on any atom is -0.343 e. The summed E-state index contributed by atoms with van der Waals surface area (Å²) >= 11 is 0. The van der Waals surface area contributed by atoms with Gasteiger partial charge < -0.3 is 9.80 Å². The summed E-state index contributed by atoms with van der Waals surface area (Å²) < 4.78 is 0. The number of carbonyl (C=O) groups excluding carboxylic acids is 2. The summed E-state index contributed by atoms with van der Waals surface area (Å²) in [6, 6.07) is 0. The molecule has 0 aromatic heterocycles. The van der Waals surface area contributed by atoms with Crippen LogP contribution in [0.2, 0.25) is 0 Å². The smallest absolute Gasteiger partial charge is 0.225 e. The maximum absolute atomic E-state index is 12.8. The normalized spacial score (nSPS) is 25.5. The number of hydrogen-bond acceptors (Lipinski definition) is 2. The van der Waals surface area contributed by atoms with E-state index in [1.165, 1.54) is 19.3 Å². The molecule has 0 bridgehead atoms. The molecular weight excluding hydrogens is 300 g/mol. The van der Waals surface area contributed by atoms with Gasteiger partial charge in [0.1, 0.15) is 0 Å². The average molecular weight is 335 g/mol. The van der Waals surface area contributed by atoms with Crippen LogP contribution in [0.3, 0.4) is 0 Å². The van der Waals surface area contributed by atoms with Crippen LogP contribution in [0.15, 0.2) is 0 Å². The lowest BCUT2D eigenvalue weighted by atomic mass is 9.62. The van der Waals surface area contributed by atoms with Crippen LogP contribution in [0.5, 0.6) is 0 Å². The minimum absolute atomic E-state index is 0.187. The maximum Gasteiger partial charge on any atom is 0.225 e. The summed E-state index contributed by atoms with van der Waals surface area (Å²) in [5, 5.41) is 0. The summed E-state index contributed by atoms with van der Waals surface area (Å²) in [6.07, 6.45) is 9.66. The molecule has 2 saturated heterocycles. The van der Waals surface area contributed by atoms with E-state index in [-0.39, 0.29) is 5.92 Å². The van der Waals surface area contributed by atoms with Crippen molar-refractivity contribution in [3.05, 3.63) is 0 Å². The first-order valence-corrected chi connectivity index (χ1v) is 10.2. The number of carbonyl (C=O) groups is 2. The van der Waals surface area contributed by atoms with Crippen LogP contribution in [0.1, 0.15) is 71.6 Å². The highest BCUT2D eigenvalue weighted by atomic mass is 16.2. The fourth-order valence-electron chi connectivity index (χ4n) is 5.11. The van der Waals surface area contributed by atoms with Gasteiger partial charge in [-0.1, -0.05) is 20.3 Å². The van der Waals surface area contributed by atoms with E-state index in [0.29, 0.717) is 29.6 Å². The van der Waals surface area contributed by atoms with Gasteiger partial charge >= 0.3 is 0 Å². The van der Waals surface area contributed by atoms with Crippen LogP contribution in [0, 0.1) is 17.3 Å². The SMILES string of the molecule is CCC(CC)C(=O)N1CC(CCC(=O)N2CCCC2)C2(CCC2)C1. The van der Waals surface area contributed by atoms with E-state index in [4.69, 9.17) is 0 Å². The fourth-order valence-corrected chi connectivity index (χ4v) is 5.11. The molecule has 4 nitrogen and oxygen atoms in total. The summed E-state index contributed by atoms with van der Waals surface area (Å²) in [6.45, 7) is 7.98. The molecule has 0 aromatic rings. The van der Waals surface area contributed by atoms with E-state index in [1.54, 1.807) is 0 Å². The molecular formula is C20H34N2O2. The van der Waals surface area contributed by atoms with Crippen LogP contribution in [-0.4, -0.2) is 47.8 Å². The molecule has 3 aliphatic rings. The zero-order valence-electron chi connectivity index (χ0n) is 15.6. The lowest BCUT2D eigenvalue weighted by Gasteiger charge is -2.43. The Bertz CT molecular complexity index is 462. The van der Waals surface area contributed by atoms with Gasteiger partial charge in [-0.15, -0.1) is 0 Å². The molecule has 0 N–H and O–H groups in total. The molecule has 0 aromatic carbocycles. The van der Waals surface area contributed by atoms with Crippen LogP contribution in [0.4, 0.5) is 0 Å². The van der Waals surface area contributed by atoms with Gasteiger partial charge in [0.05, 0.1) is 0 Å². The van der Waals surface area contributed by atoms with Gasteiger partial charge in [0, 0.05) is 38.5 Å². The number of nitrogens with zero attached hydrogens (tertiary/aromatic N) is 2. The Morgan fingerprint density at radius 3 is 2.25 bits per heavy atom. The molecule has 2 aliphatic heterocycles. The van der Waals surface area contributed by atoms with Crippen molar-refractivity contribution < 1.29 is 9.59 Å². The van der Waals surface area contributed by atoms with Gasteiger partial charge in [0.2, 0.25) is 11.8 Å². The molecule has 136 valence electrons. The van der Waals surface area contributed by atoms with E-state index >= 15 is 0 Å². The van der Waals surface area contributed by atoms with Crippen LogP contribution in [0.25, 0.3) is 0 Å². The largest absolute Gasteiger partial charge is 0.343 e. The Hall–Kier alpha value is -1.06. The van der Waals surface area contributed by atoms with E-state index in [2.05, 4.69) is 18.7 Å². The van der Waals surface area contributed by atoms with Crippen molar-refractivity contribution in [3.8, 4) is 0 Å². The van der Waals surface area contributed by atoms with Gasteiger partial charge in [-0.25, -0.2) is 0 Å². The first kappa shape index (κ1) is 17.8. The number of hydrogen-bond donors (Lipinski definition) is 0. The third-order valence-corrected chi connectivity index (χ3v) is 6.97. The summed E-state index contributed by atoms with van der Waals surface area (Å²) in [5.74, 6) is 1.43. The van der Waals surface area contributed by atoms with Gasteiger partial charge in [-0.05, 0) is 56.3 Å². The lowest BCUT2D eigenvalue weighted by molar-refractivity contribution is -0.135. The van der Waals surface area contributed by atoms with Gasteiger partial charge in [0.15, 0.2) is 0 Å². The van der Waals surface area contributed by atoms with E-state index in [0.717, 1.165) is 58.3 Å². The Labute approximate surface area is 146 Å². The van der Waals surface area contributed by atoms with Crippen LogP contribution < -0.4 is 0 Å². The maximum atomic E-state index is 12.8. The molecule has 3 fully saturated rings. The van der Waals surface area contributed by atoms with Crippen molar-refractivity contribution in [1.82, 2.24) is 9.80 Å². The van der Waals surface area contributed by atoms with Crippen LogP contribution >= 0.6 is 0 Å². The van der Waals surface area contributed by atoms with Crippen molar-refractivity contribution in [1.29, 1.82) is 0 Å². The lowest BCUT2D eigenvalue weighted by Crippen LogP contribution is -2.40. The first-order chi connectivity index (χ1) is 11.6. The zero-order chi connectivity index (χ0) is 17.2. The van der Waals surface area contributed by atoms with Gasteiger partial charge in [-0.3, -0.25) is 9.59 Å². The summed E-state index contributed by atoms with van der Waals surface area (Å²) in [4.78, 5) is 29.3. The molecule has 1 aliphatic carbocycles. The highest BCUT2D eigenvalue weighted by molar-refractivity contribution is 5.79. The molecule has 1 spiro atoms. The van der Waals surface area contributed by atoms with Gasteiger partial charge in [-0.2, -0.15) is 0 Å². The molecule has 2 heterocycles. The predicted octanol–water partition coefficient (Wildman–Crippen LogP) is 3.45. The molecule has 3 rings (SSSR count). The summed E-state index contributed by atoms with van der Waals surface area (Å²) in [5.41, 5.74) is 0.340. The van der Waals surface area contributed by atoms with Gasteiger partial charge in [0.25, 0.3) is 0 Å².